The van der Waals surface area contributed by atoms with Crippen LogP contribution < -0.4 is 5.32 Å². The molecule has 0 spiro atoms. The van der Waals surface area contributed by atoms with Crippen LogP contribution in [0.4, 0.5) is 5.69 Å². The molecule has 2 atom stereocenters. The van der Waals surface area contributed by atoms with E-state index in [0.29, 0.717) is 32.2 Å². The SMILES string of the molecule is Cc1ccc(NC(=O)CCCN2C(=O)[C@H]3CC=CC[C@H]3C2=O)cc1. The van der Waals surface area contributed by atoms with E-state index in [0.717, 1.165) is 11.3 Å². The number of hydrogen-bond acceptors (Lipinski definition) is 3. The second-order valence-electron chi connectivity index (χ2n) is 6.50. The van der Waals surface area contributed by atoms with Gasteiger partial charge in [0.05, 0.1) is 11.8 Å². The molecule has 24 heavy (non-hydrogen) atoms. The van der Waals surface area contributed by atoms with E-state index in [4.69, 9.17) is 0 Å². The van der Waals surface area contributed by atoms with Crippen LogP contribution in [-0.4, -0.2) is 29.2 Å². The van der Waals surface area contributed by atoms with E-state index in [1.807, 2.05) is 43.3 Å². The van der Waals surface area contributed by atoms with Crippen molar-refractivity contribution in [2.45, 2.75) is 32.6 Å². The largest absolute Gasteiger partial charge is 0.326 e. The number of carbonyl (C=O) groups is 3. The number of rotatable bonds is 5. The summed E-state index contributed by atoms with van der Waals surface area (Å²) in [7, 11) is 0. The number of benzene rings is 1. The predicted molar refractivity (Wildman–Crippen MR) is 91.1 cm³/mol. The number of amides is 3. The van der Waals surface area contributed by atoms with Gasteiger partial charge in [0.15, 0.2) is 0 Å². The molecule has 1 heterocycles. The fourth-order valence-electron chi connectivity index (χ4n) is 3.35. The van der Waals surface area contributed by atoms with E-state index in [-0.39, 0.29) is 29.6 Å². The molecule has 3 rings (SSSR count). The minimum absolute atomic E-state index is 0.0757. The monoisotopic (exact) mass is 326 g/mol. The Kier molecular flexibility index (Phi) is 4.79. The first-order valence-electron chi connectivity index (χ1n) is 8.43. The highest BCUT2D eigenvalue weighted by molar-refractivity contribution is 6.05. The second-order valence-corrected chi connectivity index (χ2v) is 6.50. The summed E-state index contributed by atoms with van der Waals surface area (Å²) in [4.78, 5) is 38.0. The van der Waals surface area contributed by atoms with E-state index >= 15 is 0 Å². The van der Waals surface area contributed by atoms with Crippen LogP contribution in [-0.2, 0) is 14.4 Å². The van der Waals surface area contributed by atoms with Crippen molar-refractivity contribution < 1.29 is 14.4 Å². The van der Waals surface area contributed by atoms with Gasteiger partial charge < -0.3 is 5.32 Å². The molecule has 1 saturated heterocycles. The number of fused-ring (bicyclic) bond motifs is 1. The summed E-state index contributed by atoms with van der Waals surface area (Å²) in [5.41, 5.74) is 1.89. The highest BCUT2D eigenvalue weighted by Gasteiger charge is 2.46. The molecular weight excluding hydrogens is 304 g/mol. The molecule has 3 amide bonds. The maximum absolute atomic E-state index is 12.3. The van der Waals surface area contributed by atoms with Gasteiger partial charge in [-0.05, 0) is 38.3 Å². The average molecular weight is 326 g/mol. The van der Waals surface area contributed by atoms with Crippen LogP contribution in [0, 0.1) is 18.8 Å². The summed E-state index contributed by atoms with van der Waals surface area (Å²) in [6.07, 6.45) is 6.04. The fraction of sp³-hybridized carbons (Fsp3) is 0.421. The van der Waals surface area contributed by atoms with Crippen LogP contribution in [0.25, 0.3) is 0 Å². The minimum atomic E-state index is -0.191. The molecule has 1 aliphatic carbocycles. The number of anilines is 1. The zero-order valence-corrected chi connectivity index (χ0v) is 13.8. The van der Waals surface area contributed by atoms with Gasteiger partial charge in [0.1, 0.15) is 0 Å². The van der Waals surface area contributed by atoms with Gasteiger partial charge in [0.25, 0.3) is 0 Å². The van der Waals surface area contributed by atoms with Gasteiger partial charge in [0.2, 0.25) is 17.7 Å². The Labute approximate surface area is 141 Å². The number of hydrogen-bond donors (Lipinski definition) is 1. The maximum Gasteiger partial charge on any atom is 0.233 e. The number of allylic oxidation sites excluding steroid dienone is 2. The van der Waals surface area contributed by atoms with Crippen molar-refractivity contribution in [2.24, 2.45) is 11.8 Å². The molecule has 0 unspecified atom stereocenters. The molecule has 0 bridgehead atoms. The maximum atomic E-state index is 12.3. The van der Waals surface area contributed by atoms with Crippen LogP contribution >= 0.6 is 0 Å². The summed E-state index contributed by atoms with van der Waals surface area (Å²) in [5, 5.41) is 2.83. The van der Waals surface area contributed by atoms with Crippen LogP contribution in [0.15, 0.2) is 36.4 Å². The summed E-state index contributed by atoms with van der Waals surface area (Å²) >= 11 is 0. The van der Waals surface area contributed by atoms with E-state index in [1.165, 1.54) is 4.90 Å². The number of nitrogens with one attached hydrogen (secondary N) is 1. The van der Waals surface area contributed by atoms with Gasteiger partial charge in [-0.15, -0.1) is 0 Å². The van der Waals surface area contributed by atoms with Crippen molar-refractivity contribution >= 4 is 23.4 Å². The van der Waals surface area contributed by atoms with Crippen molar-refractivity contribution in [3.8, 4) is 0 Å². The van der Waals surface area contributed by atoms with E-state index in [9.17, 15) is 14.4 Å². The first-order chi connectivity index (χ1) is 11.6. The quantitative estimate of drug-likeness (QED) is 0.668. The highest BCUT2D eigenvalue weighted by atomic mass is 16.2. The molecule has 2 aliphatic rings. The van der Waals surface area contributed by atoms with Crippen LogP contribution in [0.1, 0.15) is 31.2 Å². The smallest absolute Gasteiger partial charge is 0.233 e. The average Bonchev–Trinajstić information content (AvgIpc) is 2.82. The molecule has 0 aromatic heterocycles. The number of imide groups is 1. The van der Waals surface area contributed by atoms with E-state index in [1.54, 1.807) is 0 Å². The molecule has 1 aromatic carbocycles. The standard InChI is InChI=1S/C19H22N2O3/c1-13-8-10-14(11-9-13)20-17(22)7-4-12-21-18(23)15-5-2-3-6-16(15)19(21)24/h2-3,8-11,15-16H,4-7,12H2,1H3,(H,20,22)/t15-,16+. The molecule has 1 aliphatic heterocycles. The van der Waals surface area contributed by atoms with Crippen molar-refractivity contribution in [1.29, 1.82) is 0 Å². The first-order valence-corrected chi connectivity index (χ1v) is 8.43. The van der Waals surface area contributed by atoms with Crippen molar-refractivity contribution in [3.05, 3.63) is 42.0 Å². The van der Waals surface area contributed by atoms with Crippen molar-refractivity contribution in [1.82, 2.24) is 4.90 Å². The third-order valence-electron chi connectivity index (χ3n) is 4.72. The molecule has 0 saturated carbocycles. The fourth-order valence-corrected chi connectivity index (χ4v) is 3.35. The summed E-state index contributed by atoms with van der Waals surface area (Å²) in [6.45, 7) is 2.31. The molecule has 1 N–H and O–H groups in total. The molecule has 5 heteroatoms. The number of likely N-dealkylation sites (tertiary alicyclic amines) is 1. The molecule has 5 nitrogen and oxygen atoms in total. The van der Waals surface area contributed by atoms with Gasteiger partial charge in [-0.2, -0.15) is 0 Å². The van der Waals surface area contributed by atoms with E-state index in [2.05, 4.69) is 5.32 Å². The molecule has 1 aromatic rings. The Morgan fingerprint density at radius 1 is 1.08 bits per heavy atom. The Morgan fingerprint density at radius 3 is 2.25 bits per heavy atom. The van der Waals surface area contributed by atoms with Crippen LogP contribution in [0.3, 0.4) is 0 Å². The predicted octanol–water partition coefficient (Wildman–Crippen LogP) is 2.66. The van der Waals surface area contributed by atoms with Gasteiger partial charge in [0, 0.05) is 18.7 Å². The van der Waals surface area contributed by atoms with Crippen LogP contribution in [0.5, 0.6) is 0 Å². The first kappa shape index (κ1) is 16.4. The number of carbonyl (C=O) groups excluding carboxylic acids is 3. The molecule has 126 valence electrons. The van der Waals surface area contributed by atoms with Gasteiger partial charge in [-0.3, -0.25) is 19.3 Å². The van der Waals surface area contributed by atoms with Crippen LogP contribution in [0.2, 0.25) is 0 Å². The third-order valence-corrected chi connectivity index (χ3v) is 4.72. The lowest BCUT2D eigenvalue weighted by atomic mass is 9.85. The van der Waals surface area contributed by atoms with Gasteiger partial charge in [-0.1, -0.05) is 29.8 Å². The van der Waals surface area contributed by atoms with E-state index < -0.39 is 0 Å². The zero-order valence-electron chi connectivity index (χ0n) is 13.8. The lowest BCUT2D eigenvalue weighted by molar-refractivity contribution is -0.140. The number of nitrogens with zero attached hydrogens (tertiary/aromatic N) is 1. The van der Waals surface area contributed by atoms with Crippen molar-refractivity contribution in [2.75, 3.05) is 11.9 Å². The second kappa shape index (κ2) is 6.99. The Hall–Kier alpha value is -2.43. The topological polar surface area (TPSA) is 66.5 Å². The Morgan fingerprint density at radius 2 is 1.67 bits per heavy atom. The highest BCUT2D eigenvalue weighted by Crippen LogP contribution is 2.35. The molecule has 1 fully saturated rings. The lowest BCUT2D eigenvalue weighted by Crippen LogP contribution is -2.32. The van der Waals surface area contributed by atoms with Crippen molar-refractivity contribution in [3.63, 3.8) is 0 Å². The summed E-state index contributed by atoms with van der Waals surface area (Å²) < 4.78 is 0. The normalized spacial score (nSPS) is 22.6. The van der Waals surface area contributed by atoms with Gasteiger partial charge in [-0.25, -0.2) is 0 Å². The summed E-state index contributed by atoms with van der Waals surface area (Å²) in [6, 6.07) is 7.59. The molecule has 0 radical (unpaired) electrons. The third kappa shape index (κ3) is 3.40. The molecular formula is C19H22N2O3. The Bertz CT molecular complexity index is 652. The lowest BCUT2D eigenvalue weighted by Gasteiger charge is -2.14. The number of aryl methyl sites for hydroxylation is 1. The minimum Gasteiger partial charge on any atom is -0.326 e. The Balaban J connectivity index is 1.48. The summed E-state index contributed by atoms with van der Waals surface area (Å²) in [5.74, 6) is -0.633. The zero-order chi connectivity index (χ0) is 17.1. The van der Waals surface area contributed by atoms with Gasteiger partial charge >= 0.3 is 0 Å².